The molecule has 0 spiro atoms. The number of nitrogens with zero attached hydrogens (tertiary/aromatic N) is 1. The highest BCUT2D eigenvalue weighted by molar-refractivity contribution is 5.83. The van der Waals surface area contributed by atoms with Gasteiger partial charge in [-0.2, -0.15) is 0 Å². The molecule has 1 aromatic heterocycles. The Hall–Kier alpha value is -2.46. The van der Waals surface area contributed by atoms with E-state index in [1.165, 1.54) is 6.08 Å². The summed E-state index contributed by atoms with van der Waals surface area (Å²) in [6.07, 6.45) is 6.87. The zero-order valence-corrected chi connectivity index (χ0v) is 12.1. The van der Waals surface area contributed by atoms with Crippen LogP contribution in [-0.2, 0) is 19.9 Å². The van der Waals surface area contributed by atoms with E-state index in [-0.39, 0.29) is 11.9 Å². The van der Waals surface area contributed by atoms with Crippen LogP contribution in [0.4, 0.5) is 0 Å². The van der Waals surface area contributed by atoms with Crippen LogP contribution in [0.3, 0.4) is 0 Å². The number of hydrogen-bond acceptors (Lipinski definition) is 4. The monoisotopic (exact) mass is 293 g/mol. The summed E-state index contributed by atoms with van der Waals surface area (Å²) in [5, 5.41) is 0. The number of esters is 1. The second kappa shape index (κ2) is 4.52. The third-order valence-electron chi connectivity index (χ3n) is 4.41. The van der Waals surface area contributed by atoms with Gasteiger partial charge in [-0.3, -0.25) is 4.98 Å². The summed E-state index contributed by atoms with van der Waals surface area (Å²) in [5.74, 6) is -1.37. The van der Waals surface area contributed by atoms with Crippen LogP contribution in [-0.4, -0.2) is 16.7 Å². The van der Waals surface area contributed by atoms with Gasteiger partial charge in [-0.25, -0.2) is 4.79 Å². The van der Waals surface area contributed by atoms with Crippen LogP contribution >= 0.6 is 0 Å². The Morgan fingerprint density at radius 2 is 1.73 bits per heavy atom. The average Bonchev–Trinajstić information content (AvgIpc) is 2.53. The van der Waals surface area contributed by atoms with Crippen LogP contribution in [0.25, 0.3) is 0 Å². The number of benzene rings is 1. The molecule has 1 aromatic carbocycles. The topological polar surface area (TPSA) is 48.4 Å². The molecule has 4 rings (SSSR count). The minimum Gasteiger partial charge on any atom is -0.429 e. The van der Waals surface area contributed by atoms with Crippen molar-refractivity contribution in [1.29, 1.82) is 0 Å². The molecule has 22 heavy (non-hydrogen) atoms. The van der Waals surface area contributed by atoms with Crippen LogP contribution in [0, 0.1) is 5.92 Å². The molecule has 0 radical (unpaired) electrons. The van der Waals surface area contributed by atoms with Crippen molar-refractivity contribution in [3.8, 4) is 0 Å². The van der Waals surface area contributed by atoms with Crippen LogP contribution < -0.4 is 0 Å². The smallest absolute Gasteiger partial charge is 0.332 e. The Balaban J connectivity index is 1.90. The molecule has 0 bridgehead atoms. The van der Waals surface area contributed by atoms with Crippen molar-refractivity contribution in [2.45, 2.75) is 18.3 Å². The normalized spacial score (nSPS) is 32.8. The maximum absolute atomic E-state index is 11.5. The highest BCUT2D eigenvalue weighted by Gasteiger charge is 2.66. The molecule has 1 unspecified atom stereocenters. The first-order valence-corrected chi connectivity index (χ1v) is 7.22. The second-order valence-electron chi connectivity index (χ2n) is 5.71. The van der Waals surface area contributed by atoms with Gasteiger partial charge in [0.05, 0.1) is 5.92 Å². The molecule has 2 aliphatic rings. The zero-order valence-electron chi connectivity index (χ0n) is 12.1. The molecule has 0 saturated carbocycles. The maximum atomic E-state index is 11.5. The van der Waals surface area contributed by atoms with Crippen molar-refractivity contribution in [2.75, 3.05) is 0 Å². The Kier molecular flexibility index (Phi) is 2.71. The Morgan fingerprint density at radius 3 is 2.41 bits per heavy atom. The zero-order chi connectivity index (χ0) is 15.2. The fraction of sp³-hybridized carbons (Fsp3) is 0.222. The number of ether oxygens (including phenoxy) is 2. The minimum atomic E-state index is -0.926. The molecule has 0 aliphatic carbocycles. The van der Waals surface area contributed by atoms with Gasteiger partial charge in [0.15, 0.2) is 0 Å². The van der Waals surface area contributed by atoms with Crippen molar-refractivity contribution in [3.05, 3.63) is 78.1 Å². The van der Waals surface area contributed by atoms with Gasteiger partial charge in [0.1, 0.15) is 5.60 Å². The highest BCUT2D eigenvalue weighted by Crippen LogP contribution is 2.59. The largest absolute Gasteiger partial charge is 0.429 e. The van der Waals surface area contributed by atoms with E-state index >= 15 is 0 Å². The lowest BCUT2D eigenvalue weighted by atomic mass is 9.66. The first-order chi connectivity index (χ1) is 10.7. The van der Waals surface area contributed by atoms with Crippen LogP contribution in [0.1, 0.15) is 18.1 Å². The minimum absolute atomic E-state index is 0.0810. The molecule has 3 atom stereocenters. The number of hydrogen-bond donors (Lipinski definition) is 0. The molecule has 2 aliphatic heterocycles. The van der Waals surface area contributed by atoms with Crippen LogP contribution in [0.2, 0.25) is 0 Å². The predicted octanol–water partition coefficient (Wildman–Crippen LogP) is 2.80. The van der Waals surface area contributed by atoms with Crippen LogP contribution in [0.15, 0.2) is 67.0 Å². The van der Waals surface area contributed by atoms with Gasteiger partial charge in [-0.05, 0) is 23.3 Å². The summed E-state index contributed by atoms with van der Waals surface area (Å²) in [5.41, 5.74) is 1.38. The first kappa shape index (κ1) is 13.2. The Morgan fingerprint density at radius 1 is 1.05 bits per heavy atom. The first-order valence-electron chi connectivity index (χ1n) is 7.22. The number of pyridine rings is 1. The third kappa shape index (κ3) is 1.67. The van der Waals surface area contributed by atoms with Gasteiger partial charge in [0.2, 0.25) is 5.79 Å². The summed E-state index contributed by atoms with van der Waals surface area (Å²) in [4.78, 5) is 15.6. The van der Waals surface area contributed by atoms with E-state index in [4.69, 9.17) is 9.47 Å². The molecule has 110 valence electrons. The lowest BCUT2D eigenvalue weighted by molar-refractivity contribution is -0.386. The number of fused-ring (bicyclic) bond motifs is 1. The van der Waals surface area contributed by atoms with E-state index in [2.05, 4.69) is 4.98 Å². The summed E-state index contributed by atoms with van der Waals surface area (Å²) < 4.78 is 11.6. The third-order valence-corrected chi connectivity index (χ3v) is 4.41. The van der Waals surface area contributed by atoms with Crippen molar-refractivity contribution >= 4 is 5.97 Å². The fourth-order valence-corrected chi connectivity index (χ4v) is 3.49. The number of carbonyl (C=O) groups is 1. The number of carbonyl (C=O) groups excluding carboxylic acids is 1. The lowest BCUT2D eigenvalue weighted by Crippen LogP contribution is -2.67. The SMILES string of the molecule is C[C@]12OC(=O)C=C[C@H]1C(c1ccccc1)(c1ccncc1)O2. The number of aromatic nitrogens is 1. The number of rotatable bonds is 2. The molecule has 1 fully saturated rings. The van der Waals surface area contributed by atoms with E-state index in [9.17, 15) is 4.79 Å². The van der Waals surface area contributed by atoms with Gasteiger partial charge >= 0.3 is 5.97 Å². The summed E-state index contributed by atoms with van der Waals surface area (Å²) in [6, 6.07) is 13.9. The fourth-order valence-electron chi connectivity index (χ4n) is 3.49. The maximum Gasteiger partial charge on any atom is 0.332 e. The predicted molar refractivity (Wildman–Crippen MR) is 79.7 cm³/mol. The standard InChI is InChI=1S/C18H15NO3/c1-17-15(7-8-16(20)21-17)18(22-17,13-5-3-2-4-6-13)14-9-11-19-12-10-14/h2-12,15H,1H3/t15-,17-,18?/m1/s1. The highest BCUT2D eigenvalue weighted by atomic mass is 16.7. The molecule has 4 heteroatoms. The van der Waals surface area contributed by atoms with E-state index < -0.39 is 11.4 Å². The molecule has 0 amide bonds. The van der Waals surface area contributed by atoms with E-state index in [1.54, 1.807) is 19.3 Å². The lowest BCUT2D eigenvalue weighted by Gasteiger charge is -2.60. The summed E-state index contributed by atoms with van der Waals surface area (Å²) in [6.45, 7) is 1.81. The van der Waals surface area contributed by atoms with Gasteiger partial charge in [0.25, 0.3) is 0 Å². The van der Waals surface area contributed by atoms with Gasteiger partial charge in [-0.15, -0.1) is 0 Å². The van der Waals surface area contributed by atoms with Crippen LogP contribution in [0.5, 0.6) is 0 Å². The van der Waals surface area contributed by atoms with Gasteiger partial charge in [-0.1, -0.05) is 36.4 Å². The van der Waals surface area contributed by atoms with Crippen molar-refractivity contribution < 1.29 is 14.3 Å². The van der Waals surface area contributed by atoms with Crippen molar-refractivity contribution in [2.24, 2.45) is 5.92 Å². The quantitative estimate of drug-likeness (QED) is 0.799. The van der Waals surface area contributed by atoms with Crippen molar-refractivity contribution in [3.63, 3.8) is 0 Å². The molecule has 0 N–H and O–H groups in total. The molecular weight excluding hydrogens is 278 g/mol. The second-order valence-corrected chi connectivity index (χ2v) is 5.71. The summed E-state index contributed by atoms with van der Waals surface area (Å²) >= 11 is 0. The van der Waals surface area contributed by atoms with Gasteiger partial charge in [0, 0.05) is 25.4 Å². The molecule has 1 saturated heterocycles. The molecular formula is C18H15NO3. The van der Waals surface area contributed by atoms with Gasteiger partial charge < -0.3 is 9.47 Å². The van der Waals surface area contributed by atoms with E-state index in [0.717, 1.165) is 11.1 Å². The van der Waals surface area contributed by atoms with E-state index in [0.29, 0.717) is 0 Å². The summed E-state index contributed by atoms with van der Waals surface area (Å²) in [7, 11) is 0. The van der Waals surface area contributed by atoms with Crippen molar-refractivity contribution in [1.82, 2.24) is 4.98 Å². The molecule has 4 nitrogen and oxygen atoms in total. The molecule has 2 aromatic rings. The Bertz CT molecular complexity index is 702. The molecule has 3 heterocycles. The average molecular weight is 293 g/mol. The Labute approximate surface area is 128 Å². The van der Waals surface area contributed by atoms with E-state index in [1.807, 2.05) is 48.5 Å².